The summed E-state index contributed by atoms with van der Waals surface area (Å²) >= 11 is 0. The number of amides is 1. The van der Waals surface area contributed by atoms with Crippen LogP contribution in [0.2, 0.25) is 0 Å². The molecular weight excluding hydrogens is 300 g/mol. The number of aromatic nitrogens is 4. The molecular formula is C14H22N6O3+2. The lowest BCUT2D eigenvalue weighted by atomic mass is 10.3. The largest absolute Gasteiger partial charge is 0.334 e. The van der Waals surface area contributed by atoms with E-state index in [2.05, 4.69) is 12.0 Å². The van der Waals surface area contributed by atoms with Crippen molar-refractivity contribution < 1.29 is 14.3 Å². The van der Waals surface area contributed by atoms with Gasteiger partial charge in [-0.3, -0.25) is 18.7 Å². The molecule has 2 N–H and O–H groups in total. The second-order valence-electron chi connectivity index (χ2n) is 6.14. The average molecular weight is 322 g/mol. The van der Waals surface area contributed by atoms with E-state index in [4.69, 9.17) is 0 Å². The minimum Gasteiger partial charge on any atom is -0.334 e. The highest BCUT2D eigenvalue weighted by Crippen LogP contribution is 1.99. The molecule has 124 valence electrons. The van der Waals surface area contributed by atoms with Gasteiger partial charge < -0.3 is 9.80 Å². The molecule has 1 saturated heterocycles. The van der Waals surface area contributed by atoms with Crippen molar-refractivity contribution in [3.8, 4) is 0 Å². The highest BCUT2D eigenvalue weighted by atomic mass is 16.2. The minimum absolute atomic E-state index is 0.0145. The number of aryl methyl sites for hydroxylation is 1. The number of carbonyl (C=O) groups excluding carboxylic acids is 1. The first-order chi connectivity index (χ1) is 10.9. The fourth-order valence-electron chi connectivity index (χ4n) is 2.96. The number of piperazine rings is 1. The van der Waals surface area contributed by atoms with Gasteiger partial charge in [-0.1, -0.05) is 0 Å². The van der Waals surface area contributed by atoms with Gasteiger partial charge >= 0.3 is 11.2 Å². The molecule has 1 fully saturated rings. The van der Waals surface area contributed by atoms with E-state index in [1.54, 1.807) is 17.9 Å². The number of hydrogen-bond donors (Lipinski definition) is 2. The van der Waals surface area contributed by atoms with E-state index < -0.39 is 11.2 Å². The molecule has 2 aromatic rings. The van der Waals surface area contributed by atoms with Crippen molar-refractivity contribution in [3.05, 3.63) is 27.2 Å². The number of nitrogens with one attached hydrogen (secondary N) is 2. The van der Waals surface area contributed by atoms with Crippen molar-refractivity contribution in [2.24, 2.45) is 14.1 Å². The summed E-state index contributed by atoms with van der Waals surface area (Å²) in [7, 11) is 5.14. The van der Waals surface area contributed by atoms with Crippen LogP contribution in [0.3, 0.4) is 0 Å². The third-order valence-electron chi connectivity index (χ3n) is 4.56. The van der Waals surface area contributed by atoms with Crippen molar-refractivity contribution in [3.63, 3.8) is 0 Å². The summed E-state index contributed by atoms with van der Waals surface area (Å²) in [6.07, 6.45) is 1.57. The smallest absolute Gasteiger partial charge is 0.333 e. The van der Waals surface area contributed by atoms with Gasteiger partial charge in [0.15, 0.2) is 6.54 Å². The summed E-state index contributed by atoms with van der Waals surface area (Å²) in [5.41, 5.74) is -0.0405. The van der Waals surface area contributed by atoms with E-state index >= 15 is 0 Å². The van der Waals surface area contributed by atoms with Gasteiger partial charge in [-0.15, -0.1) is 0 Å². The zero-order chi connectivity index (χ0) is 16.7. The second-order valence-corrected chi connectivity index (χ2v) is 6.14. The Bertz CT molecular complexity index is 869. The molecule has 3 heterocycles. The van der Waals surface area contributed by atoms with Crippen molar-refractivity contribution in [1.29, 1.82) is 0 Å². The maximum atomic E-state index is 12.5. The summed E-state index contributed by atoms with van der Waals surface area (Å²) in [5.74, 6) is -0.0145. The van der Waals surface area contributed by atoms with Crippen LogP contribution in [0.1, 0.15) is 0 Å². The van der Waals surface area contributed by atoms with E-state index in [0.29, 0.717) is 11.2 Å². The molecule has 23 heavy (non-hydrogen) atoms. The lowest BCUT2D eigenvalue weighted by Crippen LogP contribution is -3.12. The minimum atomic E-state index is -0.403. The first-order valence-corrected chi connectivity index (χ1v) is 7.65. The lowest BCUT2D eigenvalue weighted by Gasteiger charge is -2.29. The molecule has 3 rings (SSSR count). The summed E-state index contributed by atoms with van der Waals surface area (Å²) in [6.45, 7) is 3.40. The van der Waals surface area contributed by atoms with Gasteiger partial charge in [-0.05, 0) is 0 Å². The molecule has 1 aliphatic rings. The molecule has 0 bridgehead atoms. The number of carbonyl (C=O) groups is 1. The van der Waals surface area contributed by atoms with Gasteiger partial charge in [0.25, 0.3) is 17.1 Å². The normalized spacial score (nSPS) is 16.2. The Hall–Kier alpha value is -2.42. The van der Waals surface area contributed by atoms with Crippen LogP contribution in [-0.4, -0.2) is 58.2 Å². The monoisotopic (exact) mass is 322 g/mol. The fourth-order valence-corrected chi connectivity index (χ4v) is 2.96. The molecule has 9 heteroatoms. The maximum absolute atomic E-state index is 12.5. The highest BCUT2D eigenvalue weighted by molar-refractivity contribution is 5.75. The number of likely N-dealkylation sites (N-methyl/N-ethyl adjacent to an activating group) is 1. The molecule has 1 aliphatic heterocycles. The molecule has 0 aromatic carbocycles. The summed E-state index contributed by atoms with van der Waals surface area (Å²) in [5, 5.41) is 0. The van der Waals surface area contributed by atoms with Crippen molar-refractivity contribution in [2.75, 3.05) is 33.2 Å². The van der Waals surface area contributed by atoms with Gasteiger partial charge in [-0.2, -0.15) is 0 Å². The Morgan fingerprint density at radius 2 is 1.91 bits per heavy atom. The van der Waals surface area contributed by atoms with Gasteiger partial charge in [-0.25, -0.2) is 14.3 Å². The third-order valence-corrected chi connectivity index (χ3v) is 4.56. The van der Waals surface area contributed by atoms with Crippen molar-refractivity contribution >= 4 is 17.1 Å². The van der Waals surface area contributed by atoms with Crippen LogP contribution >= 0.6 is 0 Å². The van der Waals surface area contributed by atoms with Crippen molar-refractivity contribution in [2.45, 2.75) is 6.54 Å². The fraction of sp³-hybridized carbons (Fsp3) is 0.571. The number of imidazole rings is 1. The topological polar surface area (TPSA) is 88.4 Å². The zero-order valence-electron chi connectivity index (χ0n) is 13.6. The van der Waals surface area contributed by atoms with Crippen LogP contribution in [0.5, 0.6) is 0 Å². The Kier molecular flexibility index (Phi) is 3.80. The van der Waals surface area contributed by atoms with Crippen molar-refractivity contribution in [1.82, 2.24) is 19.0 Å². The van der Waals surface area contributed by atoms with Gasteiger partial charge in [0.1, 0.15) is 0 Å². The lowest BCUT2D eigenvalue weighted by molar-refractivity contribution is -0.883. The van der Waals surface area contributed by atoms with E-state index in [9.17, 15) is 14.4 Å². The predicted molar refractivity (Wildman–Crippen MR) is 82.2 cm³/mol. The molecule has 0 unspecified atom stereocenters. The van der Waals surface area contributed by atoms with E-state index in [1.165, 1.54) is 16.5 Å². The number of rotatable bonds is 2. The first kappa shape index (κ1) is 15.5. The Labute approximate surface area is 132 Å². The van der Waals surface area contributed by atoms with Gasteiger partial charge in [0, 0.05) is 14.1 Å². The highest BCUT2D eigenvalue weighted by Gasteiger charge is 2.26. The van der Waals surface area contributed by atoms with Gasteiger partial charge in [0.05, 0.1) is 33.2 Å². The van der Waals surface area contributed by atoms with Gasteiger partial charge in [0.2, 0.25) is 6.33 Å². The summed E-state index contributed by atoms with van der Waals surface area (Å²) in [4.78, 5) is 42.9. The number of aromatic amines is 1. The number of hydrogen-bond acceptors (Lipinski definition) is 3. The maximum Gasteiger partial charge on any atom is 0.333 e. The predicted octanol–water partition coefficient (Wildman–Crippen LogP) is -3.79. The molecule has 1 amide bonds. The molecule has 0 atom stereocenters. The number of quaternary nitrogens is 1. The second kappa shape index (κ2) is 5.65. The van der Waals surface area contributed by atoms with Crippen LogP contribution in [0, 0.1) is 0 Å². The summed E-state index contributed by atoms with van der Waals surface area (Å²) in [6, 6.07) is 0. The van der Waals surface area contributed by atoms with Crippen LogP contribution in [0.15, 0.2) is 15.9 Å². The van der Waals surface area contributed by atoms with E-state index in [-0.39, 0.29) is 12.5 Å². The van der Waals surface area contributed by atoms with E-state index in [0.717, 1.165) is 30.7 Å². The zero-order valence-corrected chi connectivity index (χ0v) is 13.6. The van der Waals surface area contributed by atoms with E-state index in [1.807, 2.05) is 4.90 Å². The Morgan fingerprint density at radius 3 is 2.57 bits per heavy atom. The first-order valence-electron chi connectivity index (χ1n) is 7.65. The quantitative estimate of drug-likeness (QED) is 0.556. The number of H-pyrrole nitrogens is 1. The van der Waals surface area contributed by atoms with Crippen LogP contribution in [0.4, 0.5) is 0 Å². The molecule has 0 radical (unpaired) electrons. The van der Waals surface area contributed by atoms with Crippen LogP contribution in [0.25, 0.3) is 11.2 Å². The van der Waals surface area contributed by atoms with Crippen LogP contribution in [-0.2, 0) is 25.4 Å². The molecule has 0 aliphatic carbocycles. The standard InChI is InChI=1S/C14H20N6O3/c1-16-4-6-19(7-5-16)10(21)8-20-9-15-12-11(20)13(22)18(3)14(23)17(12)2/h9H,4-8H2,1-3H3/p+2. The summed E-state index contributed by atoms with van der Waals surface area (Å²) < 4.78 is 4.01. The van der Waals surface area contributed by atoms with Crippen LogP contribution < -0.4 is 20.7 Å². The Balaban J connectivity index is 1.94. The molecule has 0 saturated carbocycles. The Morgan fingerprint density at radius 1 is 1.26 bits per heavy atom. The number of fused-ring (bicyclic) bond motifs is 1. The average Bonchev–Trinajstić information content (AvgIpc) is 2.95. The SMILES string of the molecule is Cn1c(=O)c2c([nH]c[n+]2CC(=O)N2CC[NH+](C)CC2)n(C)c1=O. The third kappa shape index (κ3) is 2.56. The number of nitrogens with zero attached hydrogens (tertiary/aromatic N) is 4. The molecule has 9 nitrogen and oxygen atoms in total. The molecule has 0 spiro atoms. The molecule has 2 aromatic heterocycles.